The van der Waals surface area contributed by atoms with Crippen molar-refractivity contribution in [3.8, 4) is 11.5 Å². The van der Waals surface area contributed by atoms with Gasteiger partial charge >= 0.3 is 0 Å². The Morgan fingerprint density at radius 1 is 1.10 bits per heavy atom. The van der Waals surface area contributed by atoms with Gasteiger partial charge in [0.1, 0.15) is 17.3 Å². The van der Waals surface area contributed by atoms with Crippen LogP contribution in [0.25, 0.3) is 0 Å². The van der Waals surface area contributed by atoms with Crippen LogP contribution >= 0.6 is 12.4 Å². The highest BCUT2D eigenvalue weighted by atomic mass is 35.5. The van der Waals surface area contributed by atoms with Gasteiger partial charge in [-0.15, -0.1) is 12.4 Å². The molecule has 0 aromatic heterocycles. The zero-order valence-electron chi connectivity index (χ0n) is 17.6. The number of carbonyl (C=O) groups excluding carboxylic acids is 1. The zero-order valence-corrected chi connectivity index (χ0v) is 18.5. The molecule has 1 amide bonds. The summed E-state index contributed by atoms with van der Waals surface area (Å²) in [6.07, 6.45) is 4.77. The van der Waals surface area contributed by atoms with E-state index < -0.39 is 5.82 Å². The number of ether oxygens (including phenoxy) is 2. The van der Waals surface area contributed by atoms with Crippen molar-refractivity contribution >= 4 is 18.3 Å². The smallest absolute Gasteiger partial charge is 0.256 e. The van der Waals surface area contributed by atoms with Gasteiger partial charge in [-0.1, -0.05) is 12.1 Å². The first kappa shape index (κ1) is 23.5. The van der Waals surface area contributed by atoms with Crippen LogP contribution in [0, 0.1) is 11.2 Å². The predicted molar refractivity (Wildman–Crippen MR) is 121 cm³/mol. The molecule has 2 fully saturated rings. The van der Waals surface area contributed by atoms with Crippen LogP contribution in [0.5, 0.6) is 11.5 Å². The molecule has 0 saturated carbocycles. The quantitative estimate of drug-likeness (QED) is 0.727. The summed E-state index contributed by atoms with van der Waals surface area (Å²) >= 11 is 0. The number of nitrogens with zero attached hydrogens (tertiary/aromatic N) is 1. The molecule has 2 N–H and O–H groups in total. The molecule has 2 aromatic rings. The van der Waals surface area contributed by atoms with E-state index in [1.54, 1.807) is 11.0 Å². The van der Waals surface area contributed by atoms with E-state index in [2.05, 4.69) is 0 Å². The third-order valence-corrected chi connectivity index (χ3v) is 6.26. The largest absolute Gasteiger partial charge is 0.457 e. The highest BCUT2D eigenvalue weighted by molar-refractivity contribution is 5.95. The number of piperidine rings is 1. The Morgan fingerprint density at radius 3 is 2.52 bits per heavy atom. The molecule has 0 atom stereocenters. The summed E-state index contributed by atoms with van der Waals surface area (Å²) in [4.78, 5) is 15.0. The molecule has 31 heavy (non-hydrogen) atoms. The molecule has 5 nitrogen and oxygen atoms in total. The van der Waals surface area contributed by atoms with Crippen LogP contribution in [0.15, 0.2) is 42.5 Å². The number of amides is 1. The topological polar surface area (TPSA) is 64.8 Å². The molecular weight excluding hydrogens is 419 g/mol. The van der Waals surface area contributed by atoms with Gasteiger partial charge in [0.05, 0.1) is 5.56 Å². The van der Waals surface area contributed by atoms with Gasteiger partial charge < -0.3 is 20.1 Å². The van der Waals surface area contributed by atoms with Gasteiger partial charge in [0.25, 0.3) is 5.91 Å². The second kappa shape index (κ2) is 10.4. The fourth-order valence-electron chi connectivity index (χ4n) is 4.52. The van der Waals surface area contributed by atoms with E-state index in [-0.39, 0.29) is 29.3 Å². The van der Waals surface area contributed by atoms with E-state index >= 15 is 0 Å². The second-order valence-corrected chi connectivity index (χ2v) is 8.37. The molecule has 1 spiro atoms. The molecule has 0 radical (unpaired) electrons. The summed E-state index contributed by atoms with van der Waals surface area (Å²) in [5, 5.41) is 0. The number of halogens is 2. The number of nitrogens with two attached hydrogens (primary N) is 1. The normalized spacial score (nSPS) is 17.8. The van der Waals surface area contributed by atoms with Crippen LogP contribution in [0.2, 0.25) is 0 Å². The summed E-state index contributed by atoms with van der Waals surface area (Å²) in [7, 11) is 0. The fraction of sp³-hybridized carbons (Fsp3) is 0.458. The van der Waals surface area contributed by atoms with Crippen molar-refractivity contribution in [2.24, 2.45) is 11.1 Å². The minimum Gasteiger partial charge on any atom is -0.457 e. The highest BCUT2D eigenvalue weighted by Gasteiger charge is 2.39. The minimum absolute atomic E-state index is 0. The molecule has 0 aliphatic carbocycles. The second-order valence-electron chi connectivity index (χ2n) is 8.37. The Bertz CT molecular complexity index is 879. The van der Waals surface area contributed by atoms with Crippen LogP contribution in [0.4, 0.5) is 4.39 Å². The van der Waals surface area contributed by atoms with E-state index in [4.69, 9.17) is 15.2 Å². The molecule has 0 unspecified atom stereocenters. The van der Waals surface area contributed by atoms with E-state index in [1.165, 1.54) is 12.1 Å². The molecular formula is C24H30ClFN2O3. The van der Waals surface area contributed by atoms with Crippen molar-refractivity contribution < 1.29 is 18.7 Å². The van der Waals surface area contributed by atoms with Crippen molar-refractivity contribution in [1.82, 2.24) is 4.90 Å². The summed E-state index contributed by atoms with van der Waals surface area (Å²) in [6.45, 7) is 3.40. The SMILES string of the molecule is Cl.NCCc1ccc(Oc2ccc(F)c(C(=O)N3CCCC4(CCOCC4)C3)c2)cc1. The molecule has 2 heterocycles. The standard InChI is InChI=1S/C24H29FN2O3.ClH/c25-22-7-6-20(30-19-4-2-18(3-5-19)8-12-26)16-21(22)23(28)27-13-1-9-24(17-27)10-14-29-15-11-24;/h2-7,16H,1,8-15,17,26H2;1H. The number of hydrogen-bond acceptors (Lipinski definition) is 4. The maximum atomic E-state index is 14.6. The number of likely N-dealkylation sites (tertiary alicyclic amines) is 1. The van der Waals surface area contributed by atoms with Crippen LogP contribution in [-0.4, -0.2) is 43.7 Å². The van der Waals surface area contributed by atoms with E-state index in [9.17, 15) is 9.18 Å². The van der Waals surface area contributed by atoms with E-state index in [0.29, 0.717) is 31.1 Å². The van der Waals surface area contributed by atoms with Gasteiger partial charge in [-0.05, 0) is 80.0 Å². The van der Waals surface area contributed by atoms with Crippen LogP contribution in [0.3, 0.4) is 0 Å². The third-order valence-electron chi connectivity index (χ3n) is 6.26. The van der Waals surface area contributed by atoms with Crippen molar-refractivity contribution in [3.05, 3.63) is 59.4 Å². The average molecular weight is 449 g/mol. The molecule has 2 aliphatic rings. The molecule has 168 valence electrons. The summed E-state index contributed by atoms with van der Waals surface area (Å²) in [5.74, 6) is 0.308. The third kappa shape index (κ3) is 5.56. The van der Waals surface area contributed by atoms with Crippen LogP contribution in [0.1, 0.15) is 41.6 Å². The van der Waals surface area contributed by atoms with Crippen LogP contribution in [-0.2, 0) is 11.2 Å². The zero-order chi connectivity index (χ0) is 21.0. The molecule has 2 aromatic carbocycles. The Morgan fingerprint density at radius 2 is 1.81 bits per heavy atom. The van der Waals surface area contributed by atoms with Crippen molar-refractivity contribution in [2.45, 2.75) is 32.1 Å². The van der Waals surface area contributed by atoms with Crippen molar-refractivity contribution in [1.29, 1.82) is 0 Å². The molecule has 0 bridgehead atoms. The first-order valence-electron chi connectivity index (χ1n) is 10.7. The lowest BCUT2D eigenvalue weighted by molar-refractivity contribution is -0.0230. The average Bonchev–Trinajstić information content (AvgIpc) is 2.77. The van der Waals surface area contributed by atoms with Gasteiger partial charge in [0.15, 0.2) is 0 Å². The lowest BCUT2D eigenvalue weighted by atomic mass is 9.74. The van der Waals surface area contributed by atoms with Crippen LogP contribution < -0.4 is 10.5 Å². The molecule has 4 rings (SSSR count). The van der Waals surface area contributed by atoms with Gasteiger partial charge in [-0.2, -0.15) is 0 Å². The first-order chi connectivity index (χ1) is 14.6. The van der Waals surface area contributed by atoms with Gasteiger partial charge in [0, 0.05) is 26.3 Å². The Kier molecular flexibility index (Phi) is 7.92. The summed E-state index contributed by atoms with van der Waals surface area (Å²) in [5.41, 5.74) is 6.89. The van der Waals surface area contributed by atoms with Gasteiger partial charge in [-0.3, -0.25) is 4.79 Å². The summed E-state index contributed by atoms with van der Waals surface area (Å²) in [6, 6.07) is 12.0. The molecule has 2 aliphatic heterocycles. The Hall–Kier alpha value is -2.15. The van der Waals surface area contributed by atoms with Gasteiger partial charge in [0.2, 0.25) is 0 Å². The number of carbonyl (C=O) groups is 1. The van der Waals surface area contributed by atoms with E-state index in [1.807, 2.05) is 24.3 Å². The lowest BCUT2D eigenvalue weighted by Crippen LogP contribution is -2.48. The number of hydrogen-bond donors (Lipinski definition) is 1. The fourth-order valence-corrected chi connectivity index (χ4v) is 4.52. The summed E-state index contributed by atoms with van der Waals surface area (Å²) < 4.78 is 25.9. The molecule has 2 saturated heterocycles. The van der Waals surface area contributed by atoms with E-state index in [0.717, 1.165) is 50.9 Å². The van der Waals surface area contributed by atoms with Crippen molar-refractivity contribution in [2.75, 3.05) is 32.8 Å². The predicted octanol–water partition coefficient (Wildman–Crippen LogP) is 4.57. The monoisotopic (exact) mass is 448 g/mol. The number of rotatable bonds is 5. The molecule has 7 heteroatoms. The highest BCUT2D eigenvalue weighted by Crippen LogP contribution is 2.39. The van der Waals surface area contributed by atoms with Crippen molar-refractivity contribution in [3.63, 3.8) is 0 Å². The van der Waals surface area contributed by atoms with Gasteiger partial charge in [-0.25, -0.2) is 4.39 Å². The Labute approximate surface area is 189 Å². The maximum Gasteiger partial charge on any atom is 0.256 e. The minimum atomic E-state index is -0.516. The first-order valence-corrected chi connectivity index (χ1v) is 10.7. The lowest BCUT2D eigenvalue weighted by Gasteiger charge is -2.45. The maximum absolute atomic E-state index is 14.6. The Balaban J connectivity index is 0.00000272. The number of benzene rings is 2.